The summed E-state index contributed by atoms with van der Waals surface area (Å²) >= 11 is 7.42. The minimum atomic E-state index is 0.589. The highest BCUT2D eigenvalue weighted by atomic mass is 35.5. The van der Waals surface area contributed by atoms with Gasteiger partial charge in [-0.25, -0.2) is 4.98 Å². The Labute approximate surface area is 93.1 Å². The van der Waals surface area contributed by atoms with Crippen molar-refractivity contribution < 1.29 is 0 Å². The fourth-order valence-electron chi connectivity index (χ4n) is 1.65. The molecule has 3 nitrogen and oxygen atoms in total. The standard InChI is InChI=1S/C9H14ClN3S/c1-7-4-11-2-3-13(7)6-9-12-5-8(10)14-9/h5,7,11H,2-4,6H2,1H3/t7-/m1/s1. The Bertz CT molecular complexity index is 302. The first kappa shape index (κ1) is 10.4. The number of aromatic nitrogens is 1. The van der Waals surface area contributed by atoms with Gasteiger partial charge < -0.3 is 5.32 Å². The van der Waals surface area contributed by atoms with Crippen LogP contribution in [0.25, 0.3) is 0 Å². The maximum atomic E-state index is 5.84. The van der Waals surface area contributed by atoms with Gasteiger partial charge in [0, 0.05) is 25.7 Å². The summed E-state index contributed by atoms with van der Waals surface area (Å²) in [4.78, 5) is 6.70. The molecule has 1 fully saturated rings. The molecular weight excluding hydrogens is 218 g/mol. The molecule has 1 aromatic rings. The highest BCUT2D eigenvalue weighted by Crippen LogP contribution is 2.20. The monoisotopic (exact) mass is 231 g/mol. The lowest BCUT2D eigenvalue weighted by atomic mass is 10.2. The van der Waals surface area contributed by atoms with Gasteiger partial charge >= 0.3 is 0 Å². The molecule has 14 heavy (non-hydrogen) atoms. The molecule has 1 atom stereocenters. The number of hydrogen-bond acceptors (Lipinski definition) is 4. The zero-order chi connectivity index (χ0) is 9.97. The van der Waals surface area contributed by atoms with Crippen molar-refractivity contribution in [2.45, 2.75) is 19.5 Å². The van der Waals surface area contributed by atoms with Gasteiger partial charge in [-0.15, -0.1) is 11.3 Å². The first-order chi connectivity index (χ1) is 6.75. The molecule has 1 aliphatic heterocycles. The third-order valence-corrected chi connectivity index (χ3v) is 3.60. The number of hydrogen-bond donors (Lipinski definition) is 1. The van der Waals surface area contributed by atoms with Crippen LogP contribution in [0.15, 0.2) is 6.20 Å². The van der Waals surface area contributed by atoms with E-state index in [9.17, 15) is 0 Å². The van der Waals surface area contributed by atoms with Crippen molar-refractivity contribution in [3.63, 3.8) is 0 Å². The van der Waals surface area contributed by atoms with Gasteiger partial charge in [0.1, 0.15) is 9.34 Å². The lowest BCUT2D eigenvalue weighted by Crippen LogP contribution is -2.49. The predicted octanol–water partition coefficient (Wildman–Crippen LogP) is 1.59. The maximum absolute atomic E-state index is 5.84. The number of rotatable bonds is 2. The van der Waals surface area contributed by atoms with Crippen molar-refractivity contribution in [3.05, 3.63) is 15.5 Å². The molecular formula is C9H14ClN3S. The molecule has 0 saturated carbocycles. The third-order valence-electron chi connectivity index (χ3n) is 2.50. The van der Waals surface area contributed by atoms with Gasteiger partial charge in [0.25, 0.3) is 0 Å². The first-order valence-corrected chi connectivity index (χ1v) is 6.00. The zero-order valence-corrected chi connectivity index (χ0v) is 9.74. The highest BCUT2D eigenvalue weighted by molar-refractivity contribution is 7.15. The summed E-state index contributed by atoms with van der Waals surface area (Å²) in [6, 6.07) is 0.589. The van der Waals surface area contributed by atoms with E-state index in [0.29, 0.717) is 6.04 Å². The molecule has 2 rings (SSSR count). The Morgan fingerprint density at radius 1 is 1.79 bits per heavy atom. The lowest BCUT2D eigenvalue weighted by molar-refractivity contribution is 0.165. The minimum absolute atomic E-state index is 0.589. The van der Waals surface area contributed by atoms with Crippen molar-refractivity contribution in [3.8, 4) is 0 Å². The molecule has 0 aliphatic carbocycles. The van der Waals surface area contributed by atoms with Crippen molar-refractivity contribution in [2.75, 3.05) is 19.6 Å². The van der Waals surface area contributed by atoms with Crippen LogP contribution in [0.4, 0.5) is 0 Å². The van der Waals surface area contributed by atoms with Crippen LogP contribution in [-0.2, 0) is 6.54 Å². The molecule has 1 aliphatic rings. The SMILES string of the molecule is C[C@@H]1CNCCN1Cc1ncc(Cl)s1. The Morgan fingerprint density at radius 2 is 2.64 bits per heavy atom. The molecule has 0 aromatic carbocycles. The number of nitrogens with one attached hydrogen (secondary N) is 1. The summed E-state index contributed by atoms with van der Waals surface area (Å²) < 4.78 is 0.780. The second kappa shape index (κ2) is 4.57. The molecule has 5 heteroatoms. The van der Waals surface area contributed by atoms with Gasteiger partial charge in [0.05, 0.1) is 12.7 Å². The Hall–Kier alpha value is -0.160. The van der Waals surface area contributed by atoms with E-state index in [4.69, 9.17) is 11.6 Å². The van der Waals surface area contributed by atoms with Gasteiger partial charge in [-0.05, 0) is 6.92 Å². The molecule has 0 spiro atoms. The van der Waals surface area contributed by atoms with E-state index >= 15 is 0 Å². The van der Waals surface area contributed by atoms with Gasteiger partial charge in [-0.1, -0.05) is 11.6 Å². The molecule has 1 saturated heterocycles. The summed E-state index contributed by atoms with van der Waals surface area (Å²) in [5.41, 5.74) is 0. The Morgan fingerprint density at radius 3 is 3.29 bits per heavy atom. The summed E-state index contributed by atoms with van der Waals surface area (Å²) in [5, 5.41) is 4.49. The third kappa shape index (κ3) is 2.45. The summed E-state index contributed by atoms with van der Waals surface area (Å²) in [5.74, 6) is 0. The van der Waals surface area contributed by atoms with Gasteiger partial charge in [-0.3, -0.25) is 4.90 Å². The van der Waals surface area contributed by atoms with Crippen LogP contribution in [-0.4, -0.2) is 35.6 Å². The molecule has 78 valence electrons. The van der Waals surface area contributed by atoms with E-state index in [1.165, 1.54) is 0 Å². The van der Waals surface area contributed by atoms with Gasteiger partial charge in [0.15, 0.2) is 0 Å². The van der Waals surface area contributed by atoms with Crippen molar-refractivity contribution in [1.82, 2.24) is 15.2 Å². The second-order valence-electron chi connectivity index (χ2n) is 3.58. The summed E-state index contributed by atoms with van der Waals surface area (Å²) in [6.07, 6.45) is 1.73. The molecule has 1 N–H and O–H groups in total. The molecule has 0 amide bonds. The van der Waals surface area contributed by atoms with Crippen molar-refractivity contribution in [2.24, 2.45) is 0 Å². The van der Waals surface area contributed by atoms with Gasteiger partial charge in [-0.2, -0.15) is 0 Å². The predicted molar refractivity (Wildman–Crippen MR) is 59.9 cm³/mol. The van der Waals surface area contributed by atoms with E-state index in [2.05, 4.69) is 22.1 Å². The first-order valence-electron chi connectivity index (χ1n) is 4.80. The molecule has 0 radical (unpaired) electrons. The molecule has 0 unspecified atom stereocenters. The largest absolute Gasteiger partial charge is 0.314 e. The average molecular weight is 232 g/mol. The van der Waals surface area contributed by atoms with Crippen molar-refractivity contribution in [1.29, 1.82) is 0 Å². The van der Waals surface area contributed by atoms with Crippen LogP contribution in [0.2, 0.25) is 4.34 Å². The van der Waals surface area contributed by atoms with Crippen LogP contribution >= 0.6 is 22.9 Å². The fraction of sp³-hybridized carbons (Fsp3) is 0.667. The Balaban J connectivity index is 1.95. The smallest absolute Gasteiger partial charge is 0.113 e. The maximum Gasteiger partial charge on any atom is 0.113 e. The van der Waals surface area contributed by atoms with Gasteiger partial charge in [0.2, 0.25) is 0 Å². The number of halogens is 1. The lowest BCUT2D eigenvalue weighted by Gasteiger charge is -2.33. The number of nitrogens with zero attached hydrogens (tertiary/aromatic N) is 2. The van der Waals surface area contributed by atoms with E-state index in [-0.39, 0.29) is 0 Å². The van der Waals surface area contributed by atoms with E-state index in [1.807, 2.05) is 0 Å². The highest BCUT2D eigenvalue weighted by Gasteiger charge is 2.18. The summed E-state index contributed by atoms with van der Waals surface area (Å²) in [6.45, 7) is 6.41. The van der Waals surface area contributed by atoms with E-state index in [1.54, 1.807) is 17.5 Å². The topological polar surface area (TPSA) is 28.2 Å². The molecule has 0 bridgehead atoms. The second-order valence-corrected chi connectivity index (χ2v) is 5.33. The fourth-order valence-corrected chi connectivity index (χ4v) is 2.64. The van der Waals surface area contributed by atoms with Crippen LogP contribution < -0.4 is 5.32 Å². The zero-order valence-electron chi connectivity index (χ0n) is 8.16. The van der Waals surface area contributed by atoms with Crippen LogP contribution in [0.5, 0.6) is 0 Å². The van der Waals surface area contributed by atoms with Crippen LogP contribution in [0, 0.1) is 0 Å². The number of thiazole rings is 1. The molecule has 2 heterocycles. The van der Waals surface area contributed by atoms with E-state index in [0.717, 1.165) is 35.5 Å². The normalized spacial score (nSPS) is 24.0. The van der Waals surface area contributed by atoms with Crippen LogP contribution in [0.3, 0.4) is 0 Å². The quantitative estimate of drug-likeness (QED) is 0.838. The number of piperazine rings is 1. The van der Waals surface area contributed by atoms with E-state index < -0.39 is 0 Å². The summed E-state index contributed by atoms with van der Waals surface area (Å²) in [7, 11) is 0. The average Bonchev–Trinajstić information content (AvgIpc) is 2.56. The Kier molecular flexibility index (Phi) is 3.38. The minimum Gasteiger partial charge on any atom is -0.314 e. The molecule has 1 aromatic heterocycles. The van der Waals surface area contributed by atoms with Crippen molar-refractivity contribution >= 4 is 22.9 Å². The van der Waals surface area contributed by atoms with Crippen LogP contribution in [0.1, 0.15) is 11.9 Å².